The fourth-order valence-corrected chi connectivity index (χ4v) is 4.02. The maximum Gasteiger partial charge on any atom is 0.343 e. The average molecular weight is 605 g/mol. The molecule has 0 aliphatic rings. The summed E-state index contributed by atoms with van der Waals surface area (Å²) in [5.74, 6) is 0.513. The number of ether oxygens (including phenoxy) is 5. The molecule has 0 saturated carbocycles. The van der Waals surface area contributed by atoms with Gasteiger partial charge < -0.3 is 28.8 Å². The van der Waals surface area contributed by atoms with Gasteiger partial charge in [0.05, 0.1) is 30.9 Å². The van der Waals surface area contributed by atoms with Crippen molar-refractivity contribution in [2.24, 2.45) is 0 Å². The molecule has 0 aromatic heterocycles. The minimum atomic E-state index is -0.522. The van der Waals surface area contributed by atoms with Gasteiger partial charge in [-0.1, -0.05) is 13.0 Å². The second kappa shape index (κ2) is 19.5. The summed E-state index contributed by atoms with van der Waals surface area (Å²) in [6.45, 7) is 5.08. The molecule has 44 heavy (non-hydrogen) atoms. The van der Waals surface area contributed by atoms with Crippen LogP contribution < -0.4 is 18.9 Å². The summed E-state index contributed by atoms with van der Waals surface area (Å²) in [4.78, 5) is 36.1. The molecule has 0 aliphatic heterocycles. The van der Waals surface area contributed by atoms with Gasteiger partial charge in [-0.15, -0.1) is 0 Å². The first-order valence-electron chi connectivity index (χ1n) is 14.9. The molecule has 0 heterocycles. The number of hydrogen-bond acceptors (Lipinski definition) is 9. The van der Waals surface area contributed by atoms with Gasteiger partial charge in [0.25, 0.3) is 0 Å². The zero-order valence-electron chi connectivity index (χ0n) is 24.9. The summed E-state index contributed by atoms with van der Waals surface area (Å²) in [7, 11) is 0. The highest BCUT2D eigenvalue weighted by Gasteiger charge is 2.12. The lowest BCUT2D eigenvalue weighted by atomic mass is 10.2. The van der Waals surface area contributed by atoms with E-state index in [-0.39, 0.29) is 6.61 Å². The third-order valence-corrected chi connectivity index (χ3v) is 6.46. The highest BCUT2D eigenvalue weighted by Crippen LogP contribution is 2.21. The van der Waals surface area contributed by atoms with Crippen molar-refractivity contribution in [3.05, 3.63) is 96.6 Å². The number of carbonyl (C=O) groups excluding carboxylic acids is 3. The topological polar surface area (TPSA) is 118 Å². The molecule has 0 fully saturated rings. The highest BCUT2D eigenvalue weighted by atomic mass is 16.5. The molecular weight excluding hydrogens is 564 g/mol. The van der Waals surface area contributed by atoms with Crippen molar-refractivity contribution in [2.45, 2.75) is 51.4 Å². The zero-order valence-corrected chi connectivity index (χ0v) is 24.9. The van der Waals surface area contributed by atoms with Crippen LogP contribution in [-0.4, -0.2) is 49.4 Å². The maximum atomic E-state index is 12.6. The van der Waals surface area contributed by atoms with Gasteiger partial charge in [0.15, 0.2) is 0 Å². The predicted molar refractivity (Wildman–Crippen MR) is 165 cm³/mol. The smallest absolute Gasteiger partial charge is 0.343 e. The zero-order chi connectivity index (χ0) is 31.4. The number of hydrogen-bond donors (Lipinski definition) is 1. The van der Waals surface area contributed by atoms with E-state index in [2.05, 4.69) is 6.58 Å². The lowest BCUT2D eigenvalue weighted by molar-refractivity contribution is -0.137. The van der Waals surface area contributed by atoms with E-state index in [1.165, 1.54) is 0 Å². The number of unbranched alkanes of at least 4 members (excludes halogenated alkanes) is 6. The standard InChI is InChI=1S/C35H40O9/c1-2-33(37)42-26-10-6-5-9-25-41-30-17-13-28(14-18-30)35(39)44-32-21-19-31(20-22-32)43-34(38)27-11-15-29(16-12-27)40-24-8-4-3-7-23-36/h2,11-22,36H,1,3-10,23-26H2. The van der Waals surface area contributed by atoms with Gasteiger partial charge in [-0.2, -0.15) is 0 Å². The largest absolute Gasteiger partial charge is 0.494 e. The summed E-state index contributed by atoms with van der Waals surface area (Å²) in [6, 6.07) is 19.7. The lowest BCUT2D eigenvalue weighted by Gasteiger charge is -2.09. The third-order valence-electron chi connectivity index (χ3n) is 6.46. The Hall–Kier alpha value is -4.63. The van der Waals surface area contributed by atoms with Crippen LogP contribution in [0.4, 0.5) is 0 Å². The fraction of sp³-hybridized carbons (Fsp3) is 0.343. The Morgan fingerprint density at radius 3 is 1.34 bits per heavy atom. The molecule has 3 aromatic rings. The van der Waals surface area contributed by atoms with Crippen LogP contribution in [0.3, 0.4) is 0 Å². The highest BCUT2D eigenvalue weighted by molar-refractivity contribution is 5.92. The first-order valence-corrected chi connectivity index (χ1v) is 14.9. The van der Waals surface area contributed by atoms with Crippen LogP contribution in [0.5, 0.6) is 23.0 Å². The van der Waals surface area contributed by atoms with E-state index < -0.39 is 17.9 Å². The Balaban J connectivity index is 1.35. The third kappa shape index (κ3) is 12.7. The molecule has 0 aliphatic carbocycles. The van der Waals surface area contributed by atoms with Crippen LogP contribution in [0.1, 0.15) is 72.1 Å². The molecule has 0 spiro atoms. The van der Waals surface area contributed by atoms with E-state index >= 15 is 0 Å². The monoisotopic (exact) mass is 604 g/mol. The van der Waals surface area contributed by atoms with Gasteiger partial charge in [-0.25, -0.2) is 14.4 Å². The minimum absolute atomic E-state index is 0.215. The summed E-state index contributed by atoms with van der Waals surface area (Å²) in [5, 5.41) is 8.81. The molecule has 0 atom stereocenters. The van der Waals surface area contributed by atoms with Crippen LogP contribution in [0.25, 0.3) is 0 Å². The molecule has 0 amide bonds. The van der Waals surface area contributed by atoms with Crippen molar-refractivity contribution in [1.82, 2.24) is 0 Å². The van der Waals surface area contributed by atoms with Crippen molar-refractivity contribution in [3.63, 3.8) is 0 Å². The molecular formula is C35H40O9. The SMILES string of the molecule is C=CC(=O)OCCCCCCOc1ccc(C(=O)Oc2ccc(OC(=O)c3ccc(OCCCCCCO)cc3)cc2)cc1. The molecule has 0 unspecified atom stereocenters. The number of aliphatic hydroxyl groups excluding tert-OH is 1. The molecule has 234 valence electrons. The summed E-state index contributed by atoms with van der Waals surface area (Å²) >= 11 is 0. The van der Waals surface area contributed by atoms with E-state index in [0.717, 1.165) is 57.4 Å². The van der Waals surface area contributed by atoms with Crippen LogP contribution in [0, 0.1) is 0 Å². The van der Waals surface area contributed by atoms with Crippen LogP contribution >= 0.6 is 0 Å². The van der Waals surface area contributed by atoms with Crippen molar-refractivity contribution >= 4 is 17.9 Å². The Morgan fingerprint density at radius 2 is 0.932 bits per heavy atom. The van der Waals surface area contributed by atoms with Crippen molar-refractivity contribution in [3.8, 4) is 23.0 Å². The maximum absolute atomic E-state index is 12.6. The van der Waals surface area contributed by atoms with Crippen LogP contribution in [0.15, 0.2) is 85.5 Å². The quantitative estimate of drug-likeness (QED) is 0.0649. The molecule has 0 saturated heterocycles. The van der Waals surface area contributed by atoms with E-state index in [9.17, 15) is 14.4 Å². The van der Waals surface area contributed by atoms with Gasteiger partial charge in [-0.05, 0) is 118 Å². The van der Waals surface area contributed by atoms with Crippen LogP contribution in [-0.2, 0) is 9.53 Å². The summed E-state index contributed by atoms with van der Waals surface area (Å²) < 4.78 is 27.2. The van der Waals surface area contributed by atoms with Crippen molar-refractivity contribution in [1.29, 1.82) is 0 Å². The fourth-order valence-electron chi connectivity index (χ4n) is 4.02. The Morgan fingerprint density at radius 1 is 0.545 bits per heavy atom. The number of aliphatic hydroxyl groups is 1. The van der Waals surface area contributed by atoms with Crippen molar-refractivity contribution in [2.75, 3.05) is 26.4 Å². The molecule has 9 heteroatoms. The van der Waals surface area contributed by atoms with E-state index in [1.54, 1.807) is 72.8 Å². The molecule has 0 bridgehead atoms. The van der Waals surface area contributed by atoms with E-state index in [0.29, 0.717) is 53.9 Å². The Bertz CT molecular complexity index is 1300. The lowest BCUT2D eigenvalue weighted by Crippen LogP contribution is -2.10. The first-order chi connectivity index (χ1) is 21.5. The van der Waals surface area contributed by atoms with Gasteiger partial charge in [-0.3, -0.25) is 0 Å². The predicted octanol–water partition coefficient (Wildman–Crippen LogP) is 6.72. The van der Waals surface area contributed by atoms with Gasteiger partial charge in [0, 0.05) is 12.7 Å². The normalized spacial score (nSPS) is 10.5. The number of carbonyl (C=O) groups is 3. The molecule has 3 rings (SSSR count). The Labute approximate surface area is 258 Å². The first kappa shape index (κ1) is 33.9. The van der Waals surface area contributed by atoms with E-state index in [1.807, 2.05) is 0 Å². The molecule has 3 aromatic carbocycles. The number of rotatable bonds is 20. The minimum Gasteiger partial charge on any atom is -0.494 e. The molecule has 1 N–H and O–H groups in total. The van der Waals surface area contributed by atoms with Crippen LogP contribution in [0.2, 0.25) is 0 Å². The second-order valence-electron chi connectivity index (χ2n) is 9.92. The number of esters is 3. The second-order valence-corrected chi connectivity index (χ2v) is 9.92. The average Bonchev–Trinajstić information content (AvgIpc) is 3.05. The van der Waals surface area contributed by atoms with Gasteiger partial charge >= 0.3 is 17.9 Å². The molecule has 0 radical (unpaired) electrons. The number of benzene rings is 3. The Kier molecular flexibility index (Phi) is 15.0. The summed E-state index contributed by atoms with van der Waals surface area (Å²) in [6.07, 6.45) is 8.37. The van der Waals surface area contributed by atoms with Crippen molar-refractivity contribution < 1.29 is 43.2 Å². The van der Waals surface area contributed by atoms with E-state index in [4.69, 9.17) is 28.8 Å². The molecule has 9 nitrogen and oxygen atoms in total. The summed E-state index contributed by atoms with van der Waals surface area (Å²) in [5.41, 5.74) is 0.753. The van der Waals surface area contributed by atoms with Gasteiger partial charge in [0.2, 0.25) is 0 Å². The van der Waals surface area contributed by atoms with Gasteiger partial charge in [0.1, 0.15) is 23.0 Å².